The van der Waals surface area contributed by atoms with Crippen molar-refractivity contribution in [3.05, 3.63) is 53.1 Å². The number of methoxy groups -OCH3 is 1. The zero-order valence-corrected chi connectivity index (χ0v) is 23.7. The van der Waals surface area contributed by atoms with Gasteiger partial charge in [0.25, 0.3) is 0 Å². The number of likely N-dealkylation sites (N-methyl/N-ethyl adjacent to an activating group) is 3. The number of sulfonamides is 1. The molecule has 1 amide bonds. The van der Waals surface area contributed by atoms with Crippen LogP contribution < -0.4 is 9.64 Å². The van der Waals surface area contributed by atoms with E-state index in [4.69, 9.17) is 9.47 Å². The Kier molecular flexibility index (Phi) is 9.94. The molecule has 0 aromatic heterocycles. The summed E-state index contributed by atoms with van der Waals surface area (Å²) in [5, 5.41) is 0. The Morgan fingerprint density at radius 3 is 2.16 bits per heavy atom. The zero-order valence-electron chi connectivity index (χ0n) is 22.9. The standard InChI is InChI=1S/C27H40N4O5S/c1-21-17-25(35-6)18-22(2)27(21)37(33,34)30(5)15-16-36-20-26(32)29(4)19-23-7-9-24(10-8-23)31-13-11-28(3)12-14-31/h7-10,17-18H,11-16,19-20H2,1-6H3. The van der Waals surface area contributed by atoms with Gasteiger partial charge in [-0.05, 0) is 61.9 Å². The molecule has 37 heavy (non-hydrogen) atoms. The fourth-order valence-corrected chi connectivity index (χ4v) is 5.97. The molecule has 0 aliphatic carbocycles. The van der Waals surface area contributed by atoms with E-state index in [0.717, 1.165) is 31.7 Å². The number of carbonyl (C=O) groups is 1. The third-order valence-electron chi connectivity index (χ3n) is 6.76. The van der Waals surface area contributed by atoms with Gasteiger partial charge in [-0.2, -0.15) is 4.31 Å². The van der Waals surface area contributed by atoms with Crippen LogP contribution in [0.3, 0.4) is 0 Å². The van der Waals surface area contributed by atoms with Crippen LogP contribution in [0.5, 0.6) is 5.75 Å². The maximum Gasteiger partial charge on any atom is 0.248 e. The molecule has 3 rings (SSSR count). The number of aryl methyl sites for hydroxylation is 2. The first-order chi connectivity index (χ1) is 17.5. The van der Waals surface area contributed by atoms with Gasteiger partial charge < -0.3 is 24.2 Å². The Bertz CT molecular complexity index is 1140. The predicted octanol–water partition coefficient (Wildman–Crippen LogP) is 2.36. The van der Waals surface area contributed by atoms with Crippen LogP contribution in [0.1, 0.15) is 16.7 Å². The fourth-order valence-electron chi connectivity index (χ4n) is 4.41. The molecule has 1 aliphatic heterocycles. The highest BCUT2D eigenvalue weighted by atomic mass is 32.2. The number of hydrogen-bond acceptors (Lipinski definition) is 7. The lowest BCUT2D eigenvalue weighted by Gasteiger charge is -2.34. The summed E-state index contributed by atoms with van der Waals surface area (Å²) in [7, 11) is 3.25. The Hall–Kier alpha value is -2.66. The quantitative estimate of drug-likeness (QED) is 0.411. The van der Waals surface area contributed by atoms with E-state index in [1.54, 1.807) is 45.0 Å². The van der Waals surface area contributed by atoms with Crippen molar-refractivity contribution < 1.29 is 22.7 Å². The average molecular weight is 533 g/mol. The molecule has 1 fully saturated rings. The highest BCUT2D eigenvalue weighted by Gasteiger charge is 2.25. The Morgan fingerprint density at radius 1 is 1.00 bits per heavy atom. The molecule has 0 saturated carbocycles. The normalized spacial score (nSPS) is 14.7. The van der Waals surface area contributed by atoms with Crippen LogP contribution >= 0.6 is 0 Å². The molecule has 0 atom stereocenters. The Balaban J connectivity index is 1.45. The SMILES string of the molecule is COc1cc(C)c(S(=O)(=O)N(C)CCOCC(=O)N(C)Cc2ccc(N3CCN(C)CC3)cc2)c(C)c1. The number of ether oxygens (including phenoxy) is 2. The minimum absolute atomic E-state index is 0.107. The first-order valence-corrected chi connectivity index (χ1v) is 13.9. The molecule has 1 heterocycles. The van der Waals surface area contributed by atoms with Crippen LogP contribution in [-0.2, 0) is 26.1 Å². The number of anilines is 1. The van der Waals surface area contributed by atoms with Gasteiger partial charge in [0.2, 0.25) is 15.9 Å². The second-order valence-corrected chi connectivity index (χ2v) is 11.7. The second kappa shape index (κ2) is 12.7. The molecule has 1 saturated heterocycles. The number of hydrogen-bond donors (Lipinski definition) is 0. The van der Waals surface area contributed by atoms with Crippen molar-refractivity contribution in [1.82, 2.24) is 14.1 Å². The minimum atomic E-state index is -3.70. The third-order valence-corrected chi connectivity index (χ3v) is 8.93. The van der Waals surface area contributed by atoms with Gasteiger partial charge in [0.1, 0.15) is 12.4 Å². The summed E-state index contributed by atoms with van der Waals surface area (Å²) in [5.74, 6) is 0.462. The lowest BCUT2D eigenvalue weighted by Crippen LogP contribution is -2.44. The lowest BCUT2D eigenvalue weighted by molar-refractivity contribution is -0.135. The first-order valence-electron chi connectivity index (χ1n) is 12.5. The van der Waals surface area contributed by atoms with Gasteiger partial charge in [-0.15, -0.1) is 0 Å². The molecule has 1 aliphatic rings. The number of carbonyl (C=O) groups excluding carboxylic acids is 1. The fraction of sp³-hybridized carbons (Fsp3) is 0.519. The Morgan fingerprint density at radius 2 is 1.59 bits per heavy atom. The van der Waals surface area contributed by atoms with Crippen molar-refractivity contribution in [2.75, 3.05) is 79.1 Å². The maximum absolute atomic E-state index is 13.1. The monoisotopic (exact) mass is 532 g/mol. The van der Waals surface area contributed by atoms with E-state index >= 15 is 0 Å². The predicted molar refractivity (Wildman–Crippen MR) is 146 cm³/mol. The van der Waals surface area contributed by atoms with E-state index in [2.05, 4.69) is 41.1 Å². The van der Waals surface area contributed by atoms with Gasteiger partial charge in [0.05, 0.1) is 18.6 Å². The van der Waals surface area contributed by atoms with Crippen LogP contribution in [0.15, 0.2) is 41.3 Å². The van der Waals surface area contributed by atoms with Gasteiger partial charge in [-0.3, -0.25) is 4.79 Å². The molecular formula is C27H40N4O5S. The van der Waals surface area contributed by atoms with E-state index in [1.165, 1.54) is 17.0 Å². The third kappa shape index (κ3) is 7.44. The van der Waals surface area contributed by atoms with Crippen LogP contribution in [-0.4, -0.2) is 103 Å². The molecule has 0 radical (unpaired) electrons. The highest BCUT2D eigenvalue weighted by molar-refractivity contribution is 7.89. The molecule has 0 bridgehead atoms. The summed E-state index contributed by atoms with van der Waals surface area (Å²) in [6.07, 6.45) is 0. The van der Waals surface area contributed by atoms with Crippen molar-refractivity contribution in [2.24, 2.45) is 0 Å². The van der Waals surface area contributed by atoms with Crippen molar-refractivity contribution in [1.29, 1.82) is 0 Å². The number of benzene rings is 2. The molecule has 2 aromatic carbocycles. The summed E-state index contributed by atoms with van der Waals surface area (Å²) in [6, 6.07) is 11.7. The van der Waals surface area contributed by atoms with E-state index in [1.807, 2.05) is 0 Å². The number of piperazine rings is 1. The van der Waals surface area contributed by atoms with Crippen molar-refractivity contribution in [3.8, 4) is 5.75 Å². The number of amides is 1. The minimum Gasteiger partial charge on any atom is -0.497 e. The topological polar surface area (TPSA) is 82.6 Å². The average Bonchev–Trinajstić information content (AvgIpc) is 2.86. The van der Waals surface area contributed by atoms with Crippen molar-refractivity contribution in [3.63, 3.8) is 0 Å². The number of nitrogens with zero attached hydrogens (tertiary/aromatic N) is 4. The smallest absolute Gasteiger partial charge is 0.248 e. The Labute approximate surface area is 221 Å². The largest absolute Gasteiger partial charge is 0.497 e. The van der Waals surface area contributed by atoms with Gasteiger partial charge in [-0.25, -0.2) is 8.42 Å². The highest BCUT2D eigenvalue weighted by Crippen LogP contribution is 2.27. The van der Waals surface area contributed by atoms with Gasteiger partial charge in [-0.1, -0.05) is 12.1 Å². The summed E-state index contributed by atoms with van der Waals surface area (Å²) < 4.78 is 38.2. The second-order valence-electron chi connectivity index (χ2n) is 9.68. The molecule has 0 spiro atoms. The molecule has 0 N–H and O–H groups in total. The van der Waals surface area contributed by atoms with Crippen LogP contribution in [0.25, 0.3) is 0 Å². The molecule has 9 nitrogen and oxygen atoms in total. The molecule has 0 unspecified atom stereocenters. The van der Waals surface area contributed by atoms with Crippen molar-refractivity contribution >= 4 is 21.6 Å². The van der Waals surface area contributed by atoms with Crippen molar-refractivity contribution in [2.45, 2.75) is 25.3 Å². The summed E-state index contributed by atoms with van der Waals surface area (Å²) >= 11 is 0. The zero-order chi connectivity index (χ0) is 27.2. The summed E-state index contributed by atoms with van der Waals surface area (Å²) in [5.41, 5.74) is 3.49. The van der Waals surface area contributed by atoms with E-state index < -0.39 is 10.0 Å². The van der Waals surface area contributed by atoms with Crippen LogP contribution in [0.2, 0.25) is 0 Å². The van der Waals surface area contributed by atoms with Crippen LogP contribution in [0, 0.1) is 13.8 Å². The summed E-state index contributed by atoms with van der Waals surface area (Å²) in [4.78, 5) is 19.1. The van der Waals surface area contributed by atoms with E-state index in [0.29, 0.717) is 23.4 Å². The molecule has 10 heteroatoms. The molecule has 2 aromatic rings. The first kappa shape index (κ1) is 28.9. The number of rotatable bonds is 11. The van der Waals surface area contributed by atoms with E-state index in [9.17, 15) is 13.2 Å². The summed E-state index contributed by atoms with van der Waals surface area (Å²) in [6.45, 7) is 8.27. The maximum atomic E-state index is 13.1. The lowest BCUT2D eigenvalue weighted by atomic mass is 10.1. The molecular weight excluding hydrogens is 492 g/mol. The van der Waals surface area contributed by atoms with E-state index in [-0.39, 0.29) is 30.6 Å². The van der Waals surface area contributed by atoms with Crippen LogP contribution in [0.4, 0.5) is 5.69 Å². The van der Waals surface area contributed by atoms with Gasteiger partial charge >= 0.3 is 0 Å². The van der Waals surface area contributed by atoms with Gasteiger partial charge in [0.15, 0.2) is 0 Å². The van der Waals surface area contributed by atoms with Gasteiger partial charge in [0, 0.05) is 59.1 Å². The molecule has 204 valence electrons.